The van der Waals surface area contributed by atoms with Gasteiger partial charge in [-0.1, -0.05) is 6.92 Å². The Morgan fingerprint density at radius 2 is 1.80 bits per heavy atom. The minimum atomic E-state index is -0.171. The first kappa shape index (κ1) is 14.8. The molecule has 0 aromatic carbocycles. The first-order chi connectivity index (χ1) is 9.62. The van der Waals surface area contributed by atoms with Gasteiger partial charge < -0.3 is 14.4 Å². The number of hydrogen-bond acceptors (Lipinski definition) is 4. The van der Waals surface area contributed by atoms with E-state index in [-0.39, 0.29) is 5.56 Å². The summed E-state index contributed by atoms with van der Waals surface area (Å²) in [7, 11) is 0. The summed E-state index contributed by atoms with van der Waals surface area (Å²) >= 11 is 0. The molecular weight excluding hydrogens is 254 g/mol. The summed E-state index contributed by atoms with van der Waals surface area (Å²) in [5.74, 6) is 0. The summed E-state index contributed by atoms with van der Waals surface area (Å²) in [4.78, 5) is 28.2. The Balaban J connectivity index is 2.37. The Hall–Kier alpha value is -1.62. The SMILES string of the molecule is CCN1CCN(c2cc(C)n(CC)c(=O)c2C=O)CC1. The van der Waals surface area contributed by atoms with E-state index in [1.54, 1.807) is 4.57 Å². The van der Waals surface area contributed by atoms with E-state index in [0.29, 0.717) is 18.4 Å². The van der Waals surface area contributed by atoms with Crippen LogP contribution in [0.2, 0.25) is 0 Å². The fourth-order valence-corrected chi connectivity index (χ4v) is 2.84. The second-order valence-corrected chi connectivity index (χ2v) is 5.17. The summed E-state index contributed by atoms with van der Waals surface area (Å²) < 4.78 is 1.65. The average molecular weight is 277 g/mol. The molecule has 5 nitrogen and oxygen atoms in total. The second-order valence-electron chi connectivity index (χ2n) is 5.17. The minimum Gasteiger partial charge on any atom is -0.368 e. The molecule has 1 saturated heterocycles. The molecule has 1 aliphatic rings. The fraction of sp³-hybridized carbons (Fsp3) is 0.600. The van der Waals surface area contributed by atoms with Crippen LogP contribution in [0.3, 0.4) is 0 Å². The van der Waals surface area contributed by atoms with Crippen LogP contribution in [0.15, 0.2) is 10.9 Å². The smallest absolute Gasteiger partial charge is 0.263 e. The van der Waals surface area contributed by atoms with Crippen molar-refractivity contribution in [3.63, 3.8) is 0 Å². The third-order valence-electron chi connectivity index (χ3n) is 4.12. The number of piperazine rings is 1. The number of anilines is 1. The number of aryl methyl sites for hydroxylation is 1. The molecular formula is C15H23N3O2. The molecule has 1 aromatic heterocycles. The molecule has 1 aliphatic heterocycles. The van der Waals surface area contributed by atoms with Gasteiger partial charge in [0.2, 0.25) is 0 Å². The van der Waals surface area contributed by atoms with E-state index in [1.807, 2.05) is 19.9 Å². The van der Waals surface area contributed by atoms with Gasteiger partial charge in [-0.25, -0.2) is 0 Å². The number of pyridine rings is 1. The van der Waals surface area contributed by atoms with E-state index < -0.39 is 0 Å². The molecule has 0 atom stereocenters. The molecule has 5 heteroatoms. The molecule has 0 spiro atoms. The number of aldehydes is 1. The lowest BCUT2D eigenvalue weighted by Crippen LogP contribution is -2.47. The van der Waals surface area contributed by atoms with Gasteiger partial charge in [0.05, 0.1) is 5.69 Å². The van der Waals surface area contributed by atoms with Gasteiger partial charge in [0.15, 0.2) is 6.29 Å². The van der Waals surface area contributed by atoms with Crippen LogP contribution in [0.5, 0.6) is 0 Å². The monoisotopic (exact) mass is 277 g/mol. The first-order valence-electron chi connectivity index (χ1n) is 7.29. The molecule has 0 radical (unpaired) electrons. The number of carbonyl (C=O) groups excluding carboxylic acids is 1. The van der Waals surface area contributed by atoms with Crippen LogP contribution < -0.4 is 10.5 Å². The Morgan fingerprint density at radius 3 is 2.30 bits per heavy atom. The Morgan fingerprint density at radius 1 is 1.15 bits per heavy atom. The molecule has 2 heterocycles. The maximum Gasteiger partial charge on any atom is 0.263 e. The zero-order valence-electron chi connectivity index (χ0n) is 12.6. The van der Waals surface area contributed by atoms with Crippen LogP contribution in [0.4, 0.5) is 5.69 Å². The largest absolute Gasteiger partial charge is 0.368 e. The molecule has 2 rings (SSSR count). The van der Waals surface area contributed by atoms with Crippen LogP contribution >= 0.6 is 0 Å². The van der Waals surface area contributed by atoms with Gasteiger partial charge in [-0.15, -0.1) is 0 Å². The van der Waals surface area contributed by atoms with E-state index in [9.17, 15) is 9.59 Å². The van der Waals surface area contributed by atoms with Crippen molar-refractivity contribution in [1.29, 1.82) is 0 Å². The van der Waals surface area contributed by atoms with Crippen molar-refractivity contribution in [3.05, 3.63) is 27.7 Å². The van der Waals surface area contributed by atoms with Crippen molar-refractivity contribution < 1.29 is 4.79 Å². The van der Waals surface area contributed by atoms with Gasteiger partial charge in [-0.2, -0.15) is 0 Å². The number of aromatic nitrogens is 1. The minimum absolute atomic E-state index is 0.171. The van der Waals surface area contributed by atoms with Crippen LogP contribution in [0, 0.1) is 6.92 Å². The van der Waals surface area contributed by atoms with Gasteiger partial charge >= 0.3 is 0 Å². The maximum absolute atomic E-state index is 12.3. The number of hydrogen-bond donors (Lipinski definition) is 0. The lowest BCUT2D eigenvalue weighted by Gasteiger charge is -2.36. The molecule has 0 N–H and O–H groups in total. The van der Waals surface area contributed by atoms with Gasteiger partial charge in [-0.05, 0) is 26.5 Å². The molecule has 0 unspecified atom stereocenters. The van der Waals surface area contributed by atoms with E-state index in [1.165, 1.54) is 0 Å². The molecule has 0 aliphatic carbocycles. The molecule has 0 saturated carbocycles. The third-order valence-corrected chi connectivity index (χ3v) is 4.12. The van der Waals surface area contributed by atoms with Gasteiger partial charge in [0.25, 0.3) is 5.56 Å². The summed E-state index contributed by atoms with van der Waals surface area (Å²) in [6, 6.07) is 1.97. The lowest BCUT2D eigenvalue weighted by atomic mass is 10.1. The van der Waals surface area contributed by atoms with Crippen molar-refractivity contribution >= 4 is 12.0 Å². The molecule has 20 heavy (non-hydrogen) atoms. The standard InChI is InChI=1S/C15H23N3O2/c1-4-16-6-8-17(9-7-16)14-10-12(3)18(5-2)15(20)13(14)11-19/h10-11H,4-9H2,1-3H3. The predicted molar refractivity (Wildman–Crippen MR) is 80.8 cm³/mol. The van der Waals surface area contributed by atoms with Crippen molar-refractivity contribution in [2.75, 3.05) is 37.6 Å². The summed E-state index contributed by atoms with van der Waals surface area (Å²) in [5, 5.41) is 0. The molecule has 110 valence electrons. The zero-order valence-corrected chi connectivity index (χ0v) is 12.6. The highest BCUT2D eigenvalue weighted by Crippen LogP contribution is 2.20. The zero-order chi connectivity index (χ0) is 14.7. The van der Waals surface area contributed by atoms with Gasteiger partial charge in [-0.3, -0.25) is 9.59 Å². The quantitative estimate of drug-likeness (QED) is 0.774. The highest BCUT2D eigenvalue weighted by atomic mass is 16.1. The average Bonchev–Trinajstić information content (AvgIpc) is 2.47. The van der Waals surface area contributed by atoms with E-state index in [4.69, 9.17) is 0 Å². The number of likely N-dealkylation sites (N-methyl/N-ethyl adjacent to an activating group) is 1. The Labute approximate surface area is 119 Å². The normalized spacial score (nSPS) is 16.4. The van der Waals surface area contributed by atoms with E-state index >= 15 is 0 Å². The van der Waals surface area contributed by atoms with Crippen LogP contribution in [-0.2, 0) is 6.54 Å². The summed E-state index contributed by atoms with van der Waals surface area (Å²) in [6.45, 7) is 11.3. The third kappa shape index (κ3) is 2.63. The highest BCUT2D eigenvalue weighted by Gasteiger charge is 2.21. The molecule has 0 amide bonds. The van der Waals surface area contributed by atoms with E-state index in [2.05, 4.69) is 16.7 Å². The highest BCUT2D eigenvalue weighted by molar-refractivity contribution is 5.84. The summed E-state index contributed by atoms with van der Waals surface area (Å²) in [5.41, 5.74) is 1.83. The van der Waals surface area contributed by atoms with Crippen LogP contribution in [-0.4, -0.2) is 48.5 Å². The molecule has 1 fully saturated rings. The molecule has 0 bridgehead atoms. The lowest BCUT2D eigenvalue weighted by molar-refractivity contribution is 0.112. The van der Waals surface area contributed by atoms with Gasteiger partial charge in [0.1, 0.15) is 5.56 Å². The summed E-state index contributed by atoms with van der Waals surface area (Å²) in [6.07, 6.45) is 0.704. The predicted octanol–water partition coefficient (Wildman–Crippen LogP) is 1.13. The van der Waals surface area contributed by atoms with Crippen LogP contribution in [0.25, 0.3) is 0 Å². The molecule has 1 aromatic rings. The number of carbonyl (C=O) groups is 1. The topological polar surface area (TPSA) is 45.5 Å². The number of rotatable bonds is 4. The van der Waals surface area contributed by atoms with Crippen LogP contribution in [0.1, 0.15) is 29.9 Å². The Kier molecular flexibility index (Phi) is 4.60. The first-order valence-corrected chi connectivity index (χ1v) is 7.29. The maximum atomic E-state index is 12.3. The van der Waals surface area contributed by atoms with Gasteiger partial charge in [0, 0.05) is 38.4 Å². The van der Waals surface area contributed by atoms with E-state index in [0.717, 1.165) is 44.1 Å². The second kappa shape index (κ2) is 6.22. The van der Waals surface area contributed by atoms with Crippen molar-refractivity contribution in [1.82, 2.24) is 9.47 Å². The fourth-order valence-electron chi connectivity index (χ4n) is 2.84. The van der Waals surface area contributed by atoms with Crippen molar-refractivity contribution in [3.8, 4) is 0 Å². The van der Waals surface area contributed by atoms with Crippen molar-refractivity contribution in [2.45, 2.75) is 27.3 Å². The van der Waals surface area contributed by atoms with Crippen molar-refractivity contribution in [2.24, 2.45) is 0 Å². The number of nitrogens with zero attached hydrogens (tertiary/aromatic N) is 3. The Bertz CT molecular complexity index is 543.